The van der Waals surface area contributed by atoms with Crippen LogP contribution in [-0.4, -0.2) is 78.1 Å². The second kappa shape index (κ2) is 8.36. The molecule has 2 aromatic carbocycles. The van der Waals surface area contributed by atoms with E-state index in [1.54, 1.807) is 0 Å². The van der Waals surface area contributed by atoms with E-state index in [1.807, 2.05) is 62.9 Å². The molecule has 2 saturated heterocycles. The van der Waals surface area contributed by atoms with Crippen LogP contribution < -0.4 is 11.2 Å². The molecule has 35 heavy (non-hydrogen) atoms. The van der Waals surface area contributed by atoms with E-state index < -0.39 is 24.2 Å². The number of fused-ring (bicyclic) bond motifs is 3. The van der Waals surface area contributed by atoms with Gasteiger partial charge in [0.05, 0.1) is 17.6 Å². The summed E-state index contributed by atoms with van der Waals surface area (Å²) in [5.74, 6) is -0.374. The second-order valence-electron chi connectivity index (χ2n) is 10.8. The summed E-state index contributed by atoms with van der Waals surface area (Å²) < 4.78 is 12.7. The highest BCUT2D eigenvalue weighted by atomic mass is 16.7. The standard InChI is InChI=1S/C26H33BN4O4/c1-25(2)26(3,4)35-27(34-25)19-9-7-16(15-21(28)32)23-22(19)18-8-6-17(14-20(18)29-23)24(33)31-12-10-30(5)11-13-31/h6-9,14,29H,10-13,15H2,1-5H3,(H2,28,32). The van der Waals surface area contributed by atoms with Crippen LogP contribution in [-0.2, 0) is 20.5 Å². The first-order chi connectivity index (χ1) is 16.5. The van der Waals surface area contributed by atoms with Crippen molar-refractivity contribution >= 4 is 46.2 Å². The molecule has 0 unspecified atom stereocenters. The molecule has 0 bridgehead atoms. The topological polar surface area (TPSA) is 101 Å². The number of aromatic amines is 1. The first-order valence-electron chi connectivity index (χ1n) is 12.2. The van der Waals surface area contributed by atoms with Crippen molar-refractivity contribution < 1.29 is 18.9 Å². The highest BCUT2D eigenvalue weighted by Gasteiger charge is 2.52. The van der Waals surface area contributed by atoms with Gasteiger partial charge in [0.15, 0.2) is 0 Å². The van der Waals surface area contributed by atoms with Gasteiger partial charge in [-0.25, -0.2) is 0 Å². The van der Waals surface area contributed by atoms with Gasteiger partial charge in [-0.15, -0.1) is 0 Å². The molecule has 5 rings (SSSR count). The largest absolute Gasteiger partial charge is 0.495 e. The van der Waals surface area contributed by atoms with Crippen molar-refractivity contribution in [3.05, 3.63) is 41.5 Å². The van der Waals surface area contributed by atoms with Gasteiger partial charge in [-0.2, -0.15) is 0 Å². The summed E-state index contributed by atoms with van der Waals surface area (Å²) in [7, 11) is 1.51. The minimum absolute atomic E-state index is 0.0298. The number of primary amides is 1. The zero-order valence-electron chi connectivity index (χ0n) is 21.1. The zero-order chi connectivity index (χ0) is 25.1. The smallest absolute Gasteiger partial charge is 0.399 e. The summed E-state index contributed by atoms with van der Waals surface area (Å²) in [6.45, 7) is 11.3. The summed E-state index contributed by atoms with van der Waals surface area (Å²) in [6.07, 6.45) is 0.111. The predicted octanol–water partition coefficient (Wildman–Crippen LogP) is 2.04. The fourth-order valence-corrected chi connectivity index (χ4v) is 4.92. The zero-order valence-corrected chi connectivity index (χ0v) is 21.1. The molecule has 0 spiro atoms. The molecule has 9 heteroatoms. The van der Waals surface area contributed by atoms with Gasteiger partial charge in [0.25, 0.3) is 5.91 Å². The first-order valence-corrected chi connectivity index (χ1v) is 12.2. The van der Waals surface area contributed by atoms with E-state index in [9.17, 15) is 9.59 Å². The number of carbonyl (C=O) groups is 2. The number of rotatable bonds is 4. The van der Waals surface area contributed by atoms with Crippen LogP contribution in [0.1, 0.15) is 43.6 Å². The molecule has 2 aliphatic heterocycles. The van der Waals surface area contributed by atoms with E-state index in [0.717, 1.165) is 59.0 Å². The number of amides is 2. The number of hydrogen-bond donors (Lipinski definition) is 2. The minimum Gasteiger partial charge on any atom is -0.399 e. The quantitative estimate of drug-likeness (QED) is 0.562. The molecule has 2 aliphatic rings. The van der Waals surface area contributed by atoms with E-state index >= 15 is 0 Å². The molecule has 2 amide bonds. The number of aromatic nitrogens is 1. The minimum atomic E-state index is -0.559. The van der Waals surface area contributed by atoms with Crippen molar-refractivity contribution in [3.8, 4) is 0 Å². The molecule has 8 nitrogen and oxygen atoms in total. The van der Waals surface area contributed by atoms with Crippen molar-refractivity contribution in [1.29, 1.82) is 0 Å². The third-order valence-electron chi connectivity index (χ3n) is 7.78. The number of H-pyrrole nitrogens is 1. The number of likely N-dealkylation sites (N-methyl/N-ethyl adjacent to an activating group) is 1. The van der Waals surface area contributed by atoms with Gasteiger partial charge in [0.2, 0.25) is 5.91 Å². The Labute approximate surface area is 205 Å². The van der Waals surface area contributed by atoms with Gasteiger partial charge in [0, 0.05) is 53.5 Å². The van der Waals surface area contributed by atoms with E-state index in [-0.39, 0.29) is 12.3 Å². The maximum absolute atomic E-state index is 13.2. The van der Waals surface area contributed by atoms with Gasteiger partial charge < -0.3 is 29.8 Å². The Morgan fingerprint density at radius 3 is 2.31 bits per heavy atom. The van der Waals surface area contributed by atoms with Crippen molar-refractivity contribution in [1.82, 2.24) is 14.8 Å². The van der Waals surface area contributed by atoms with Crippen LogP contribution in [0.2, 0.25) is 0 Å². The SMILES string of the molecule is CN1CCN(C(=O)c2ccc3c(c2)[nH]c2c(CC(N)=O)ccc(B4OC(C)(C)C(C)(C)O4)c23)CC1. The summed E-state index contributed by atoms with van der Waals surface area (Å²) in [5.41, 5.74) is 8.55. The molecular formula is C26H33BN4O4. The van der Waals surface area contributed by atoms with Gasteiger partial charge >= 0.3 is 7.12 Å². The average molecular weight is 476 g/mol. The Balaban J connectivity index is 1.61. The lowest BCUT2D eigenvalue weighted by Gasteiger charge is -2.32. The van der Waals surface area contributed by atoms with Gasteiger partial charge in [-0.1, -0.05) is 18.2 Å². The van der Waals surface area contributed by atoms with Crippen LogP contribution in [0.4, 0.5) is 0 Å². The highest BCUT2D eigenvalue weighted by molar-refractivity contribution is 6.66. The lowest BCUT2D eigenvalue weighted by atomic mass is 9.75. The Kier molecular flexibility index (Phi) is 5.70. The number of benzene rings is 2. The van der Waals surface area contributed by atoms with Crippen LogP contribution in [0, 0.1) is 0 Å². The van der Waals surface area contributed by atoms with Crippen LogP contribution >= 0.6 is 0 Å². The molecule has 0 radical (unpaired) electrons. The first kappa shape index (κ1) is 23.8. The molecule has 0 atom stereocenters. The summed E-state index contributed by atoms with van der Waals surface area (Å²) in [5, 5.41) is 1.88. The third kappa shape index (κ3) is 4.11. The van der Waals surface area contributed by atoms with Crippen molar-refractivity contribution in [2.24, 2.45) is 5.73 Å². The Morgan fingerprint density at radius 1 is 1.03 bits per heavy atom. The van der Waals surface area contributed by atoms with E-state index in [1.165, 1.54) is 0 Å². The van der Waals surface area contributed by atoms with Crippen LogP contribution in [0.25, 0.3) is 21.8 Å². The fraction of sp³-hybridized carbons (Fsp3) is 0.462. The fourth-order valence-electron chi connectivity index (χ4n) is 4.92. The van der Waals surface area contributed by atoms with E-state index in [4.69, 9.17) is 15.0 Å². The van der Waals surface area contributed by atoms with Crippen molar-refractivity contribution in [2.45, 2.75) is 45.3 Å². The molecule has 3 aromatic rings. The lowest BCUT2D eigenvalue weighted by molar-refractivity contribution is -0.117. The monoisotopic (exact) mass is 476 g/mol. The van der Waals surface area contributed by atoms with E-state index in [2.05, 4.69) is 16.9 Å². The molecule has 3 heterocycles. The summed E-state index contributed by atoms with van der Waals surface area (Å²) in [6, 6.07) is 9.61. The third-order valence-corrected chi connectivity index (χ3v) is 7.78. The normalized spacial score (nSPS) is 20.1. The molecule has 0 saturated carbocycles. The second-order valence-corrected chi connectivity index (χ2v) is 10.8. The summed E-state index contributed by atoms with van der Waals surface area (Å²) in [4.78, 5) is 32.6. The number of nitrogens with zero attached hydrogens (tertiary/aromatic N) is 2. The molecule has 1 aromatic heterocycles. The Hall–Kier alpha value is -2.88. The van der Waals surface area contributed by atoms with Gasteiger partial charge in [0.1, 0.15) is 0 Å². The van der Waals surface area contributed by atoms with Gasteiger partial charge in [-0.05, 0) is 57.9 Å². The molecular weight excluding hydrogens is 443 g/mol. The van der Waals surface area contributed by atoms with Gasteiger partial charge in [-0.3, -0.25) is 9.59 Å². The molecule has 3 N–H and O–H groups in total. The van der Waals surface area contributed by atoms with Crippen LogP contribution in [0.3, 0.4) is 0 Å². The summed E-state index contributed by atoms with van der Waals surface area (Å²) >= 11 is 0. The number of nitrogens with two attached hydrogens (primary N) is 1. The maximum atomic E-state index is 13.2. The predicted molar refractivity (Wildman–Crippen MR) is 138 cm³/mol. The van der Waals surface area contributed by atoms with Crippen LogP contribution in [0.5, 0.6) is 0 Å². The Bertz CT molecular complexity index is 1310. The van der Waals surface area contributed by atoms with E-state index in [0.29, 0.717) is 5.56 Å². The number of hydrogen-bond acceptors (Lipinski definition) is 5. The van der Waals surface area contributed by atoms with Crippen molar-refractivity contribution in [2.75, 3.05) is 33.2 Å². The average Bonchev–Trinajstić information content (AvgIpc) is 3.27. The number of piperazine rings is 1. The number of nitrogens with one attached hydrogen (secondary N) is 1. The Morgan fingerprint density at radius 2 is 1.69 bits per heavy atom. The molecule has 2 fully saturated rings. The highest BCUT2D eigenvalue weighted by Crippen LogP contribution is 2.38. The van der Waals surface area contributed by atoms with Crippen LogP contribution in [0.15, 0.2) is 30.3 Å². The molecule has 184 valence electrons. The maximum Gasteiger partial charge on any atom is 0.495 e. The number of carbonyl (C=O) groups excluding carboxylic acids is 2. The lowest BCUT2D eigenvalue weighted by Crippen LogP contribution is -2.47. The van der Waals surface area contributed by atoms with Crippen molar-refractivity contribution in [3.63, 3.8) is 0 Å². The molecule has 0 aliphatic carbocycles.